The fraction of sp³-hybridized carbons (Fsp3) is 0.261. The molecule has 4 rings (SSSR count). The molecule has 3 aromatic rings. The van der Waals surface area contributed by atoms with Crippen molar-refractivity contribution in [3.8, 4) is 0 Å². The van der Waals surface area contributed by atoms with Gasteiger partial charge < -0.3 is 20.6 Å². The van der Waals surface area contributed by atoms with Crippen LogP contribution in [0.2, 0.25) is 0 Å². The van der Waals surface area contributed by atoms with Crippen LogP contribution in [0.5, 0.6) is 0 Å². The minimum atomic E-state index is -1.13. The van der Waals surface area contributed by atoms with Crippen molar-refractivity contribution >= 4 is 56.2 Å². The van der Waals surface area contributed by atoms with Crippen LogP contribution in [0.1, 0.15) is 36.9 Å². The highest BCUT2D eigenvalue weighted by Gasteiger charge is 2.62. The van der Waals surface area contributed by atoms with Gasteiger partial charge >= 0.3 is 6.09 Å². The summed E-state index contributed by atoms with van der Waals surface area (Å²) in [5.41, 5.74) is 6.52. The molecule has 0 spiro atoms. The van der Waals surface area contributed by atoms with Gasteiger partial charge in [0.05, 0.1) is 0 Å². The SMILES string of the molecule is CC(C)(C)[N+]1(C(=O)O)c2ccccc2CC1C(=O)Nc1c(C(N)=O)oc2ccc(Br)cc12. The van der Waals surface area contributed by atoms with E-state index >= 15 is 0 Å². The van der Waals surface area contributed by atoms with Gasteiger partial charge in [-0.1, -0.05) is 34.1 Å². The zero-order valence-corrected chi connectivity index (χ0v) is 19.4. The van der Waals surface area contributed by atoms with Crippen LogP contribution >= 0.6 is 15.9 Å². The van der Waals surface area contributed by atoms with E-state index < -0.39 is 34.0 Å². The number of halogens is 1. The summed E-state index contributed by atoms with van der Waals surface area (Å²) in [7, 11) is 0. The topological polar surface area (TPSA) is 123 Å². The first kappa shape index (κ1) is 22.0. The van der Waals surface area contributed by atoms with Crippen molar-refractivity contribution in [3.05, 3.63) is 58.3 Å². The van der Waals surface area contributed by atoms with Crippen molar-refractivity contribution in [1.29, 1.82) is 0 Å². The Balaban J connectivity index is 1.86. The van der Waals surface area contributed by atoms with E-state index in [1.165, 1.54) is 0 Å². The maximum absolute atomic E-state index is 13.7. The lowest BCUT2D eigenvalue weighted by Gasteiger charge is -2.43. The Morgan fingerprint density at radius 1 is 1.19 bits per heavy atom. The van der Waals surface area contributed by atoms with Gasteiger partial charge in [0.2, 0.25) is 5.76 Å². The smallest absolute Gasteiger partial charge is 0.449 e. The molecule has 2 atom stereocenters. The van der Waals surface area contributed by atoms with Crippen LogP contribution in [0, 0.1) is 0 Å². The number of primary amides is 1. The molecule has 0 radical (unpaired) electrons. The van der Waals surface area contributed by atoms with Crippen LogP contribution in [0.4, 0.5) is 16.2 Å². The zero-order valence-electron chi connectivity index (χ0n) is 17.8. The Labute approximate surface area is 192 Å². The number of amides is 3. The lowest BCUT2D eigenvalue weighted by Crippen LogP contribution is -2.71. The van der Waals surface area contributed by atoms with E-state index in [9.17, 15) is 19.5 Å². The molecule has 1 aliphatic heterocycles. The molecule has 2 aromatic carbocycles. The molecule has 32 heavy (non-hydrogen) atoms. The number of fused-ring (bicyclic) bond motifs is 2. The number of para-hydroxylation sites is 1. The monoisotopic (exact) mass is 500 g/mol. The van der Waals surface area contributed by atoms with Crippen LogP contribution in [0.25, 0.3) is 11.0 Å². The molecule has 3 amide bonds. The number of carboxylic acid groups (broad SMARTS) is 1. The van der Waals surface area contributed by atoms with Gasteiger partial charge in [0.1, 0.15) is 22.5 Å². The molecule has 0 saturated carbocycles. The summed E-state index contributed by atoms with van der Waals surface area (Å²) in [5.74, 6) is -1.56. The summed E-state index contributed by atoms with van der Waals surface area (Å²) in [6, 6.07) is 11.3. The highest BCUT2D eigenvalue weighted by Crippen LogP contribution is 2.46. The molecule has 0 aliphatic carbocycles. The number of carbonyl (C=O) groups excluding carboxylic acids is 2. The van der Waals surface area contributed by atoms with Crippen molar-refractivity contribution in [3.63, 3.8) is 0 Å². The molecular weight excluding hydrogens is 478 g/mol. The quantitative estimate of drug-likeness (QED) is 0.452. The zero-order chi connectivity index (χ0) is 23.4. The first-order chi connectivity index (χ1) is 15.0. The van der Waals surface area contributed by atoms with Gasteiger partial charge in [-0.25, -0.2) is 0 Å². The fourth-order valence-corrected chi connectivity index (χ4v) is 5.10. The summed E-state index contributed by atoms with van der Waals surface area (Å²) in [6.45, 7) is 5.38. The largest absolute Gasteiger partial charge is 0.519 e. The number of benzene rings is 2. The summed E-state index contributed by atoms with van der Waals surface area (Å²) >= 11 is 3.38. The molecule has 0 bridgehead atoms. The summed E-state index contributed by atoms with van der Waals surface area (Å²) < 4.78 is 5.73. The van der Waals surface area contributed by atoms with E-state index in [0.717, 1.165) is 10.0 Å². The normalized spacial score (nSPS) is 20.2. The Morgan fingerprint density at radius 3 is 2.50 bits per heavy atom. The number of rotatable bonds is 3. The second-order valence-corrected chi connectivity index (χ2v) is 9.74. The average Bonchev–Trinajstić information content (AvgIpc) is 3.24. The molecular formula is C23H23BrN3O5+. The molecule has 8 nitrogen and oxygen atoms in total. The number of hydrogen-bond donors (Lipinski definition) is 3. The first-order valence-corrected chi connectivity index (χ1v) is 10.8. The second kappa shape index (κ2) is 7.46. The summed E-state index contributed by atoms with van der Waals surface area (Å²) in [6.07, 6.45) is -0.894. The predicted octanol–water partition coefficient (Wildman–Crippen LogP) is 4.64. The third kappa shape index (κ3) is 3.11. The molecule has 166 valence electrons. The fourth-order valence-electron chi connectivity index (χ4n) is 4.74. The third-order valence-corrected chi connectivity index (χ3v) is 6.53. The highest BCUT2D eigenvalue weighted by molar-refractivity contribution is 9.10. The van der Waals surface area contributed by atoms with E-state index in [-0.39, 0.29) is 17.9 Å². The van der Waals surface area contributed by atoms with Crippen LogP contribution in [-0.4, -0.2) is 34.6 Å². The van der Waals surface area contributed by atoms with E-state index in [0.29, 0.717) is 16.7 Å². The van der Waals surface area contributed by atoms with Crippen molar-refractivity contribution in [2.45, 2.75) is 38.8 Å². The van der Waals surface area contributed by atoms with Crippen LogP contribution in [0.3, 0.4) is 0 Å². The lowest BCUT2D eigenvalue weighted by molar-refractivity contribution is -0.121. The van der Waals surface area contributed by atoms with Crippen LogP contribution in [-0.2, 0) is 11.2 Å². The number of carbonyl (C=O) groups is 3. The summed E-state index contributed by atoms with van der Waals surface area (Å²) in [4.78, 5) is 38.5. The van der Waals surface area contributed by atoms with Gasteiger partial charge in [-0.2, -0.15) is 9.28 Å². The van der Waals surface area contributed by atoms with Crippen molar-refractivity contribution in [2.75, 3.05) is 5.32 Å². The number of furan rings is 1. The van der Waals surface area contributed by atoms with Gasteiger partial charge in [0.25, 0.3) is 11.8 Å². The Kier molecular flexibility index (Phi) is 5.14. The number of nitrogens with two attached hydrogens (primary N) is 1. The average molecular weight is 501 g/mol. The Hall–Kier alpha value is -3.17. The minimum absolute atomic E-state index is 0.132. The van der Waals surface area contributed by atoms with Gasteiger partial charge in [-0.3, -0.25) is 9.59 Å². The predicted molar refractivity (Wildman–Crippen MR) is 125 cm³/mol. The van der Waals surface area contributed by atoms with Gasteiger partial charge in [0.15, 0.2) is 6.04 Å². The van der Waals surface area contributed by atoms with Crippen molar-refractivity contribution < 1.29 is 23.9 Å². The maximum atomic E-state index is 13.7. The van der Waals surface area contributed by atoms with E-state index in [1.807, 2.05) is 12.1 Å². The lowest BCUT2D eigenvalue weighted by atomic mass is 9.98. The number of anilines is 1. The molecule has 9 heteroatoms. The second-order valence-electron chi connectivity index (χ2n) is 8.82. The van der Waals surface area contributed by atoms with E-state index in [1.54, 1.807) is 51.1 Å². The van der Waals surface area contributed by atoms with Gasteiger partial charge in [-0.05, 0) is 39.0 Å². The minimum Gasteiger partial charge on any atom is -0.449 e. The molecule has 1 aliphatic rings. The third-order valence-electron chi connectivity index (χ3n) is 6.04. The molecule has 4 N–H and O–H groups in total. The van der Waals surface area contributed by atoms with E-state index in [4.69, 9.17) is 10.2 Å². The molecule has 0 saturated heterocycles. The van der Waals surface area contributed by atoms with Crippen LogP contribution < -0.4 is 15.5 Å². The molecule has 2 unspecified atom stereocenters. The standard InChI is InChI=1S/C23H22BrN3O5/c1-23(2,3)27(22(30)31)15-7-5-4-6-12(15)10-16(27)21(29)26-18-14-11-13(24)8-9-17(14)32-19(18)20(25)28/h4-9,11,16H,10H2,1-3H3,(H3-,25,26,28,29,30,31)/p+1. The molecule has 0 fully saturated rings. The van der Waals surface area contributed by atoms with Crippen molar-refractivity contribution in [2.24, 2.45) is 5.73 Å². The highest BCUT2D eigenvalue weighted by atomic mass is 79.9. The van der Waals surface area contributed by atoms with Crippen LogP contribution in [0.15, 0.2) is 51.4 Å². The molecule has 1 aromatic heterocycles. The maximum Gasteiger partial charge on any atom is 0.519 e. The number of nitrogens with one attached hydrogen (secondary N) is 1. The number of hydrogen-bond acceptors (Lipinski definition) is 4. The summed E-state index contributed by atoms with van der Waals surface area (Å²) in [5, 5.41) is 13.7. The Morgan fingerprint density at radius 2 is 1.88 bits per heavy atom. The van der Waals surface area contributed by atoms with Crippen molar-refractivity contribution in [1.82, 2.24) is 4.48 Å². The first-order valence-electron chi connectivity index (χ1n) is 10.0. The van der Waals surface area contributed by atoms with Gasteiger partial charge in [-0.15, -0.1) is 0 Å². The number of nitrogens with zero attached hydrogens (tertiary/aromatic N) is 1. The van der Waals surface area contributed by atoms with E-state index in [2.05, 4.69) is 21.2 Å². The molecule has 2 heterocycles. The number of quaternary nitrogens is 1. The van der Waals surface area contributed by atoms with Gasteiger partial charge in [0, 0.05) is 27.9 Å². The Bertz CT molecular complexity index is 1280.